The van der Waals surface area contributed by atoms with Gasteiger partial charge in [0.2, 0.25) is 0 Å². The van der Waals surface area contributed by atoms with Crippen molar-refractivity contribution in [3.63, 3.8) is 0 Å². The summed E-state index contributed by atoms with van der Waals surface area (Å²) < 4.78 is 0. The molecule has 2 unspecified atom stereocenters. The quantitative estimate of drug-likeness (QED) is 0.467. The molecular formula is C20H31Cl. The molecular weight excluding hydrogens is 276 g/mol. The van der Waals surface area contributed by atoms with Gasteiger partial charge in [0.25, 0.3) is 0 Å². The first-order chi connectivity index (χ1) is 9.85. The molecule has 0 bridgehead atoms. The zero-order chi connectivity index (χ0) is 15.5. The van der Waals surface area contributed by atoms with E-state index in [1.54, 1.807) is 0 Å². The van der Waals surface area contributed by atoms with E-state index in [9.17, 15) is 0 Å². The zero-order valence-corrected chi connectivity index (χ0v) is 15.0. The van der Waals surface area contributed by atoms with Crippen LogP contribution in [0.1, 0.15) is 72.6 Å². The first-order valence-corrected chi connectivity index (χ1v) is 9.02. The molecule has 0 nitrogen and oxygen atoms in total. The topological polar surface area (TPSA) is 0 Å². The molecule has 0 radical (unpaired) electrons. The number of hydrogen-bond donors (Lipinski definition) is 0. The lowest BCUT2D eigenvalue weighted by Gasteiger charge is -2.37. The van der Waals surface area contributed by atoms with Gasteiger partial charge in [0.1, 0.15) is 0 Å². The van der Waals surface area contributed by atoms with E-state index in [0.717, 1.165) is 6.42 Å². The summed E-state index contributed by atoms with van der Waals surface area (Å²) in [6.07, 6.45) is 18.2. The molecule has 0 aromatic rings. The summed E-state index contributed by atoms with van der Waals surface area (Å²) in [6, 6.07) is 0. The SMILES string of the molecule is CC1=CC=CC(C)(C)C=C1C1(Cl)CCCCCCCC1C. The van der Waals surface area contributed by atoms with Gasteiger partial charge in [-0.1, -0.05) is 77.2 Å². The zero-order valence-electron chi connectivity index (χ0n) is 14.2. The molecule has 0 spiro atoms. The number of allylic oxidation sites excluding steroid dienone is 6. The average Bonchev–Trinajstić information content (AvgIpc) is 2.49. The van der Waals surface area contributed by atoms with E-state index in [-0.39, 0.29) is 10.3 Å². The van der Waals surface area contributed by atoms with Crippen LogP contribution in [0.15, 0.2) is 35.5 Å². The molecule has 2 atom stereocenters. The van der Waals surface area contributed by atoms with Crippen molar-refractivity contribution in [3.8, 4) is 0 Å². The first-order valence-electron chi connectivity index (χ1n) is 8.64. The van der Waals surface area contributed by atoms with Crippen LogP contribution in [-0.2, 0) is 0 Å². The highest BCUT2D eigenvalue weighted by Gasteiger charge is 2.39. The van der Waals surface area contributed by atoms with E-state index >= 15 is 0 Å². The number of rotatable bonds is 1. The molecule has 0 N–H and O–H groups in total. The van der Waals surface area contributed by atoms with Crippen molar-refractivity contribution in [2.45, 2.75) is 77.5 Å². The summed E-state index contributed by atoms with van der Waals surface area (Å²) >= 11 is 7.31. The predicted molar refractivity (Wildman–Crippen MR) is 94.8 cm³/mol. The maximum atomic E-state index is 7.31. The minimum atomic E-state index is -0.186. The smallest absolute Gasteiger partial charge is 0.0720 e. The molecule has 2 rings (SSSR count). The van der Waals surface area contributed by atoms with E-state index in [0.29, 0.717) is 5.92 Å². The van der Waals surface area contributed by atoms with Crippen LogP contribution in [0.2, 0.25) is 0 Å². The number of halogens is 1. The lowest BCUT2D eigenvalue weighted by atomic mass is 9.75. The Labute approximate surface area is 136 Å². The molecule has 21 heavy (non-hydrogen) atoms. The van der Waals surface area contributed by atoms with Gasteiger partial charge in [-0.05, 0) is 36.8 Å². The van der Waals surface area contributed by atoms with Crippen LogP contribution in [0, 0.1) is 11.3 Å². The Bertz CT molecular complexity index is 452. The molecule has 0 aromatic heterocycles. The average molecular weight is 307 g/mol. The van der Waals surface area contributed by atoms with Crippen molar-refractivity contribution in [1.82, 2.24) is 0 Å². The van der Waals surface area contributed by atoms with Gasteiger partial charge in [-0.2, -0.15) is 0 Å². The standard InChI is InChI=1S/C20H31Cl/c1-16-11-10-13-19(3,4)15-18(16)20(21)14-9-7-5-6-8-12-17(20)2/h10-11,13,15,17H,5-9,12,14H2,1-4H3. The molecule has 1 saturated carbocycles. The van der Waals surface area contributed by atoms with E-state index in [1.807, 2.05) is 0 Å². The van der Waals surface area contributed by atoms with Gasteiger partial charge < -0.3 is 0 Å². The van der Waals surface area contributed by atoms with Gasteiger partial charge in [0.05, 0.1) is 4.87 Å². The Morgan fingerprint density at radius 3 is 2.52 bits per heavy atom. The van der Waals surface area contributed by atoms with E-state index < -0.39 is 0 Å². The van der Waals surface area contributed by atoms with E-state index in [4.69, 9.17) is 11.6 Å². The molecule has 2 aliphatic rings. The van der Waals surface area contributed by atoms with Gasteiger partial charge in [-0.15, -0.1) is 11.6 Å². The Kier molecular flexibility index (Phi) is 5.41. The maximum Gasteiger partial charge on any atom is 0.0720 e. The number of hydrogen-bond acceptors (Lipinski definition) is 0. The molecule has 1 fully saturated rings. The Morgan fingerprint density at radius 1 is 1.10 bits per heavy atom. The summed E-state index contributed by atoms with van der Waals surface area (Å²) in [5.74, 6) is 0.542. The summed E-state index contributed by atoms with van der Waals surface area (Å²) in [6.45, 7) is 9.13. The molecule has 0 aliphatic heterocycles. The molecule has 0 aromatic carbocycles. The lowest BCUT2D eigenvalue weighted by Crippen LogP contribution is -2.34. The van der Waals surface area contributed by atoms with Crippen molar-refractivity contribution >= 4 is 11.6 Å². The third-order valence-electron chi connectivity index (χ3n) is 5.22. The van der Waals surface area contributed by atoms with Crippen molar-refractivity contribution in [3.05, 3.63) is 35.5 Å². The highest BCUT2D eigenvalue weighted by atomic mass is 35.5. The second kappa shape index (κ2) is 6.73. The van der Waals surface area contributed by atoms with Gasteiger partial charge in [0.15, 0.2) is 0 Å². The van der Waals surface area contributed by atoms with Gasteiger partial charge in [-0.3, -0.25) is 0 Å². The fourth-order valence-electron chi connectivity index (χ4n) is 3.75. The monoisotopic (exact) mass is 306 g/mol. The van der Waals surface area contributed by atoms with Crippen molar-refractivity contribution in [2.24, 2.45) is 11.3 Å². The highest BCUT2D eigenvalue weighted by molar-refractivity contribution is 6.26. The maximum absolute atomic E-state index is 7.31. The Morgan fingerprint density at radius 2 is 1.76 bits per heavy atom. The van der Waals surface area contributed by atoms with Crippen LogP contribution in [-0.4, -0.2) is 4.87 Å². The summed E-state index contributed by atoms with van der Waals surface area (Å²) in [5.41, 5.74) is 2.82. The lowest BCUT2D eigenvalue weighted by molar-refractivity contribution is 0.386. The predicted octanol–water partition coefficient (Wildman–Crippen LogP) is 6.81. The first kappa shape index (κ1) is 16.9. The van der Waals surface area contributed by atoms with Gasteiger partial charge in [-0.25, -0.2) is 0 Å². The van der Waals surface area contributed by atoms with E-state index in [1.165, 1.54) is 49.7 Å². The van der Waals surface area contributed by atoms with Crippen molar-refractivity contribution in [2.75, 3.05) is 0 Å². The second-order valence-corrected chi connectivity index (χ2v) is 8.33. The molecule has 1 heteroatoms. The summed E-state index contributed by atoms with van der Waals surface area (Å²) in [4.78, 5) is -0.186. The highest BCUT2D eigenvalue weighted by Crippen LogP contribution is 2.46. The van der Waals surface area contributed by atoms with Gasteiger partial charge >= 0.3 is 0 Å². The van der Waals surface area contributed by atoms with E-state index in [2.05, 4.69) is 52.0 Å². The molecule has 0 amide bonds. The fourth-order valence-corrected chi connectivity index (χ4v) is 4.20. The fraction of sp³-hybridized carbons (Fsp3) is 0.700. The molecule has 0 saturated heterocycles. The third kappa shape index (κ3) is 4.03. The van der Waals surface area contributed by atoms with Crippen LogP contribution < -0.4 is 0 Å². The van der Waals surface area contributed by atoms with Crippen LogP contribution >= 0.6 is 11.6 Å². The van der Waals surface area contributed by atoms with Crippen LogP contribution in [0.4, 0.5) is 0 Å². The molecule has 118 valence electrons. The third-order valence-corrected chi connectivity index (χ3v) is 5.98. The largest absolute Gasteiger partial charge is 0.114 e. The normalized spacial score (nSPS) is 34.0. The van der Waals surface area contributed by atoms with Gasteiger partial charge in [0, 0.05) is 5.41 Å². The second-order valence-electron chi connectivity index (χ2n) is 7.66. The van der Waals surface area contributed by atoms with Crippen LogP contribution in [0.3, 0.4) is 0 Å². The minimum Gasteiger partial charge on any atom is -0.114 e. The number of alkyl halides is 1. The van der Waals surface area contributed by atoms with Crippen molar-refractivity contribution < 1.29 is 0 Å². The molecule has 2 aliphatic carbocycles. The Hall–Kier alpha value is -0.490. The molecule has 0 heterocycles. The summed E-state index contributed by atoms with van der Waals surface area (Å²) in [7, 11) is 0. The van der Waals surface area contributed by atoms with Crippen molar-refractivity contribution in [1.29, 1.82) is 0 Å². The summed E-state index contributed by atoms with van der Waals surface area (Å²) in [5, 5.41) is 0. The Balaban J connectivity index is 2.40. The van der Waals surface area contributed by atoms with Crippen LogP contribution in [0.25, 0.3) is 0 Å². The minimum absolute atomic E-state index is 0.0869. The van der Waals surface area contributed by atoms with Crippen LogP contribution in [0.5, 0.6) is 0 Å².